The molecule has 0 aromatic heterocycles. The van der Waals surface area contributed by atoms with Gasteiger partial charge in [0, 0.05) is 31.3 Å². The van der Waals surface area contributed by atoms with Gasteiger partial charge in [-0.05, 0) is 45.2 Å². The number of likely N-dealkylation sites (tertiary alicyclic amines) is 2. The van der Waals surface area contributed by atoms with Crippen LogP contribution in [-0.4, -0.2) is 67.9 Å². The van der Waals surface area contributed by atoms with Crippen LogP contribution in [0.2, 0.25) is 0 Å². The van der Waals surface area contributed by atoms with E-state index in [0.29, 0.717) is 13.0 Å². The summed E-state index contributed by atoms with van der Waals surface area (Å²) >= 11 is 0. The predicted octanol–water partition coefficient (Wildman–Crippen LogP) is 1.68. The van der Waals surface area contributed by atoms with E-state index in [1.807, 2.05) is 4.90 Å². The normalized spacial score (nSPS) is 27.5. The van der Waals surface area contributed by atoms with Crippen LogP contribution in [0.15, 0.2) is 0 Å². The highest BCUT2D eigenvalue weighted by Crippen LogP contribution is 2.39. The van der Waals surface area contributed by atoms with Gasteiger partial charge >= 0.3 is 0 Å². The average Bonchev–Trinajstić information content (AvgIpc) is 2.62. The number of hydrogen-bond donors (Lipinski definition) is 0. The van der Waals surface area contributed by atoms with E-state index in [1.165, 1.54) is 19.1 Å². The van der Waals surface area contributed by atoms with Crippen molar-refractivity contribution in [2.45, 2.75) is 57.4 Å². The number of rotatable bonds is 6. The van der Waals surface area contributed by atoms with Crippen molar-refractivity contribution in [2.24, 2.45) is 0 Å². The van der Waals surface area contributed by atoms with Crippen molar-refractivity contribution in [3.05, 3.63) is 0 Å². The number of unbranched alkanes of at least 4 members (excludes halogenated alkanes) is 1. The number of carbonyl (C=O) groups excluding carboxylic acids is 1. The summed E-state index contributed by atoms with van der Waals surface area (Å²) in [4.78, 5) is 16.7. The summed E-state index contributed by atoms with van der Waals surface area (Å²) in [6.45, 7) is 5.86. The molecular weight excluding hydrogens is 300 g/mol. The molecule has 0 bridgehead atoms. The third kappa shape index (κ3) is 4.44. The van der Waals surface area contributed by atoms with E-state index in [4.69, 9.17) is 0 Å². The van der Waals surface area contributed by atoms with Gasteiger partial charge in [-0.3, -0.25) is 4.79 Å². The van der Waals surface area contributed by atoms with E-state index >= 15 is 0 Å². The van der Waals surface area contributed by atoms with Gasteiger partial charge in [0.15, 0.2) is 0 Å². The average molecular weight is 330 g/mol. The van der Waals surface area contributed by atoms with Crippen molar-refractivity contribution in [3.63, 3.8) is 0 Å². The van der Waals surface area contributed by atoms with Gasteiger partial charge in [0.1, 0.15) is 9.84 Å². The second-order valence-corrected chi connectivity index (χ2v) is 9.21. The summed E-state index contributed by atoms with van der Waals surface area (Å²) in [5, 5.41) is 0. The monoisotopic (exact) mass is 330 g/mol. The molecule has 1 spiro atoms. The zero-order chi connectivity index (χ0) is 16.2. The molecule has 0 radical (unpaired) electrons. The minimum Gasteiger partial charge on any atom is -0.336 e. The van der Waals surface area contributed by atoms with Gasteiger partial charge in [-0.1, -0.05) is 13.3 Å². The van der Waals surface area contributed by atoms with E-state index in [2.05, 4.69) is 11.8 Å². The number of amides is 1. The van der Waals surface area contributed by atoms with Gasteiger partial charge in [-0.2, -0.15) is 0 Å². The molecule has 0 unspecified atom stereocenters. The van der Waals surface area contributed by atoms with E-state index < -0.39 is 9.84 Å². The molecule has 5 nitrogen and oxygen atoms in total. The molecule has 6 heteroatoms. The zero-order valence-corrected chi connectivity index (χ0v) is 14.8. The predicted molar refractivity (Wildman–Crippen MR) is 88.6 cm³/mol. The fraction of sp³-hybridized carbons (Fsp3) is 0.938. The Kier molecular flexibility index (Phi) is 5.88. The highest BCUT2D eigenvalue weighted by molar-refractivity contribution is 7.90. The molecule has 0 N–H and O–H groups in total. The standard InChI is InChI=1S/C16H30N2O3S/c1-3-4-10-17-11-5-7-16(9-12-17)8-6-15(19)18(16)13-14-22(2,20)21/h3-14H2,1-2H3/t16-/m0/s1. The largest absolute Gasteiger partial charge is 0.336 e. The molecular formula is C16H30N2O3S. The van der Waals surface area contributed by atoms with E-state index in [9.17, 15) is 13.2 Å². The van der Waals surface area contributed by atoms with Crippen LogP contribution in [0.3, 0.4) is 0 Å². The van der Waals surface area contributed by atoms with Crippen LogP contribution >= 0.6 is 0 Å². The molecule has 2 rings (SSSR count). The molecule has 128 valence electrons. The second kappa shape index (κ2) is 7.30. The Bertz CT molecular complexity index is 492. The first-order chi connectivity index (χ1) is 10.4. The van der Waals surface area contributed by atoms with Gasteiger partial charge < -0.3 is 9.80 Å². The summed E-state index contributed by atoms with van der Waals surface area (Å²) in [7, 11) is -3.03. The molecule has 2 aliphatic rings. The van der Waals surface area contributed by atoms with Gasteiger partial charge in [0.25, 0.3) is 0 Å². The quantitative estimate of drug-likeness (QED) is 0.743. The van der Waals surface area contributed by atoms with Gasteiger partial charge in [0.2, 0.25) is 5.91 Å². The van der Waals surface area contributed by atoms with Crippen LogP contribution in [0.4, 0.5) is 0 Å². The lowest BCUT2D eigenvalue weighted by atomic mass is 9.88. The maximum absolute atomic E-state index is 12.2. The summed E-state index contributed by atoms with van der Waals surface area (Å²) in [6.07, 6.45) is 8.28. The van der Waals surface area contributed by atoms with Crippen molar-refractivity contribution in [1.29, 1.82) is 0 Å². The van der Waals surface area contributed by atoms with Crippen LogP contribution in [0, 0.1) is 0 Å². The van der Waals surface area contributed by atoms with Gasteiger partial charge in [0.05, 0.1) is 5.75 Å². The fourth-order valence-electron chi connectivity index (χ4n) is 3.85. The molecule has 2 heterocycles. The number of nitrogens with zero attached hydrogens (tertiary/aromatic N) is 2. The molecule has 0 saturated carbocycles. The van der Waals surface area contributed by atoms with Crippen molar-refractivity contribution in [2.75, 3.05) is 38.2 Å². The highest BCUT2D eigenvalue weighted by atomic mass is 32.2. The zero-order valence-electron chi connectivity index (χ0n) is 14.0. The molecule has 1 amide bonds. The van der Waals surface area contributed by atoms with Crippen molar-refractivity contribution in [3.8, 4) is 0 Å². The summed E-state index contributed by atoms with van der Waals surface area (Å²) < 4.78 is 22.9. The number of hydrogen-bond acceptors (Lipinski definition) is 4. The molecule has 0 aromatic carbocycles. The summed E-state index contributed by atoms with van der Waals surface area (Å²) in [6, 6.07) is 0. The van der Waals surface area contributed by atoms with Crippen molar-refractivity contribution < 1.29 is 13.2 Å². The number of carbonyl (C=O) groups is 1. The molecule has 0 aliphatic carbocycles. The lowest BCUT2D eigenvalue weighted by Gasteiger charge is -2.38. The third-order valence-electron chi connectivity index (χ3n) is 5.20. The first kappa shape index (κ1) is 17.7. The Balaban J connectivity index is 2.02. The third-order valence-corrected chi connectivity index (χ3v) is 6.13. The van der Waals surface area contributed by atoms with Crippen LogP contribution < -0.4 is 0 Å². The SMILES string of the molecule is CCCCN1CCC[C@]2(CCC(=O)N2CCS(C)(=O)=O)CC1. The highest BCUT2D eigenvalue weighted by Gasteiger charge is 2.45. The Hall–Kier alpha value is -0.620. The molecule has 22 heavy (non-hydrogen) atoms. The Morgan fingerprint density at radius 1 is 1.14 bits per heavy atom. The van der Waals surface area contributed by atoms with E-state index in [-0.39, 0.29) is 17.2 Å². The molecule has 1 atom stereocenters. The summed E-state index contributed by atoms with van der Waals surface area (Å²) in [5.41, 5.74) is -0.0806. The van der Waals surface area contributed by atoms with Gasteiger partial charge in [-0.25, -0.2) is 8.42 Å². The van der Waals surface area contributed by atoms with Crippen LogP contribution in [0.25, 0.3) is 0 Å². The lowest BCUT2D eigenvalue weighted by molar-refractivity contribution is -0.131. The van der Waals surface area contributed by atoms with E-state index in [0.717, 1.165) is 45.3 Å². The minimum absolute atomic E-state index is 0.0806. The maximum Gasteiger partial charge on any atom is 0.223 e. The Morgan fingerprint density at radius 3 is 2.59 bits per heavy atom. The summed E-state index contributed by atoms with van der Waals surface area (Å²) in [5.74, 6) is 0.227. The Labute approximate surface area is 135 Å². The van der Waals surface area contributed by atoms with Crippen molar-refractivity contribution >= 4 is 15.7 Å². The smallest absolute Gasteiger partial charge is 0.223 e. The van der Waals surface area contributed by atoms with Crippen molar-refractivity contribution in [1.82, 2.24) is 9.80 Å². The molecule has 0 aromatic rings. The maximum atomic E-state index is 12.2. The van der Waals surface area contributed by atoms with Crippen LogP contribution in [0.5, 0.6) is 0 Å². The first-order valence-corrected chi connectivity index (χ1v) is 10.6. The van der Waals surface area contributed by atoms with Crippen LogP contribution in [0.1, 0.15) is 51.9 Å². The van der Waals surface area contributed by atoms with Gasteiger partial charge in [-0.15, -0.1) is 0 Å². The fourth-order valence-corrected chi connectivity index (χ4v) is 4.37. The number of sulfone groups is 1. The molecule has 2 fully saturated rings. The lowest BCUT2D eigenvalue weighted by Crippen LogP contribution is -2.48. The topological polar surface area (TPSA) is 57.7 Å². The Morgan fingerprint density at radius 2 is 1.91 bits per heavy atom. The molecule has 2 saturated heterocycles. The minimum atomic E-state index is -3.03. The van der Waals surface area contributed by atoms with E-state index in [1.54, 1.807) is 0 Å². The first-order valence-electron chi connectivity index (χ1n) is 8.57. The molecule has 2 aliphatic heterocycles. The second-order valence-electron chi connectivity index (χ2n) is 6.95. The van der Waals surface area contributed by atoms with Crippen LogP contribution in [-0.2, 0) is 14.6 Å².